The Kier molecular flexibility index (Phi) is 7.25. The summed E-state index contributed by atoms with van der Waals surface area (Å²) in [5, 5.41) is 3.57. The summed E-state index contributed by atoms with van der Waals surface area (Å²) in [5.41, 5.74) is 0. The standard InChI is InChI=1S/C16H34N2/c1-6-9-14-10-11-15(17-5)16(12-14)18(8-3)13(4)7-2/h13-17H,6-12H2,1-5H3. The molecule has 1 N–H and O–H groups in total. The Morgan fingerprint density at radius 1 is 1.22 bits per heavy atom. The summed E-state index contributed by atoms with van der Waals surface area (Å²) in [4.78, 5) is 2.74. The number of hydrogen-bond donors (Lipinski definition) is 1. The zero-order chi connectivity index (χ0) is 13.5. The fraction of sp³-hybridized carbons (Fsp3) is 1.00. The maximum absolute atomic E-state index is 3.57. The fourth-order valence-corrected chi connectivity index (χ4v) is 3.71. The van der Waals surface area contributed by atoms with Gasteiger partial charge in [-0.25, -0.2) is 0 Å². The van der Waals surface area contributed by atoms with E-state index < -0.39 is 0 Å². The van der Waals surface area contributed by atoms with E-state index >= 15 is 0 Å². The predicted molar refractivity (Wildman–Crippen MR) is 81.0 cm³/mol. The van der Waals surface area contributed by atoms with Crippen molar-refractivity contribution < 1.29 is 0 Å². The van der Waals surface area contributed by atoms with Gasteiger partial charge in [0.05, 0.1) is 0 Å². The van der Waals surface area contributed by atoms with Gasteiger partial charge in [0.15, 0.2) is 0 Å². The highest BCUT2D eigenvalue weighted by Gasteiger charge is 2.34. The highest BCUT2D eigenvalue weighted by Crippen LogP contribution is 2.32. The molecular weight excluding hydrogens is 220 g/mol. The van der Waals surface area contributed by atoms with E-state index in [9.17, 15) is 0 Å². The Balaban J connectivity index is 2.71. The van der Waals surface area contributed by atoms with Crippen molar-refractivity contribution in [2.75, 3.05) is 13.6 Å². The largest absolute Gasteiger partial charge is 0.315 e. The van der Waals surface area contributed by atoms with Crippen LogP contribution in [-0.2, 0) is 0 Å². The monoisotopic (exact) mass is 254 g/mol. The smallest absolute Gasteiger partial charge is 0.0254 e. The summed E-state index contributed by atoms with van der Waals surface area (Å²) < 4.78 is 0. The number of nitrogens with one attached hydrogen (secondary N) is 1. The van der Waals surface area contributed by atoms with Crippen LogP contribution in [0.3, 0.4) is 0 Å². The van der Waals surface area contributed by atoms with Crippen molar-refractivity contribution in [3.63, 3.8) is 0 Å². The summed E-state index contributed by atoms with van der Waals surface area (Å²) in [5.74, 6) is 0.961. The molecule has 108 valence electrons. The van der Waals surface area contributed by atoms with Crippen LogP contribution in [0.1, 0.15) is 66.2 Å². The van der Waals surface area contributed by atoms with E-state index in [0.29, 0.717) is 6.04 Å². The fourth-order valence-electron chi connectivity index (χ4n) is 3.71. The van der Waals surface area contributed by atoms with Crippen LogP contribution in [0, 0.1) is 5.92 Å². The molecule has 1 rings (SSSR count). The van der Waals surface area contributed by atoms with Crippen molar-refractivity contribution in [3.8, 4) is 0 Å². The third kappa shape index (κ3) is 3.96. The molecule has 1 aliphatic rings. The van der Waals surface area contributed by atoms with Crippen molar-refractivity contribution in [3.05, 3.63) is 0 Å². The lowest BCUT2D eigenvalue weighted by Gasteiger charge is -2.45. The van der Waals surface area contributed by atoms with Crippen molar-refractivity contribution in [1.82, 2.24) is 10.2 Å². The molecule has 0 heterocycles. The molecule has 0 aliphatic heterocycles. The molecule has 0 aromatic carbocycles. The molecule has 0 saturated heterocycles. The average molecular weight is 254 g/mol. The topological polar surface area (TPSA) is 15.3 Å². The molecule has 0 bridgehead atoms. The molecule has 0 amide bonds. The van der Waals surface area contributed by atoms with Crippen molar-refractivity contribution >= 4 is 0 Å². The zero-order valence-electron chi connectivity index (χ0n) is 13.2. The Morgan fingerprint density at radius 3 is 2.44 bits per heavy atom. The normalized spacial score (nSPS) is 30.7. The zero-order valence-corrected chi connectivity index (χ0v) is 13.2. The molecule has 18 heavy (non-hydrogen) atoms. The molecular formula is C16H34N2. The Morgan fingerprint density at radius 2 is 1.94 bits per heavy atom. The van der Waals surface area contributed by atoms with Gasteiger partial charge in [-0.15, -0.1) is 0 Å². The van der Waals surface area contributed by atoms with Crippen LogP contribution in [-0.4, -0.2) is 36.6 Å². The van der Waals surface area contributed by atoms with Crippen LogP contribution >= 0.6 is 0 Å². The van der Waals surface area contributed by atoms with E-state index in [-0.39, 0.29) is 0 Å². The second-order valence-corrected chi connectivity index (χ2v) is 6.02. The Labute approximate surface area is 115 Å². The predicted octanol–water partition coefficient (Wildman–Crippen LogP) is 3.66. The molecule has 1 saturated carbocycles. The lowest BCUT2D eigenvalue weighted by Crippen LogP contribution is -2.54. The quantitative estimate of drug-likeness (QED) is 0.746. The number of hydrogen-bond acceptors (Lipinski definition) is 2. The van der Waals surface area contributed by atoms with Gasteiger partial charge >= 0.3 is 0 Å². The van der Waals surface area contributed by atoms with Gasteiger partial charge in [-0.05, 0) is 52.1 Å². The second-order valence-electron chi connectivity index (χ2n) is 6.02. The minimum absolute atomic E-state index is 0.701. The van der Waals surface area contributed by atoms with Crippen molar-refractivity contribution in [1.29, 1.82) is 0 Å². The minimum atomic E-state index is 0.701. The second kappa shape index (κ2) is 8.16. The maximum atomic E-state index is 3.57. The van der Waals surface area contributed by atoms with Crippen LogP contribution in [0.5, 0.6) is 0 Å². The van der Waals surface area contributed by atoms with E-state index in [1.165, 1.54) is 45.1 Å². The first-order valence-electron chi connectivity index (χ1n) is 8.10. The molecule has 0 aromatic rings. The molecule has 2 nitrogen and oxygen atoms in total. The van der Waals surface area contributed by atoms with Crippen LogP contribution in [0.4, 0.5) is 0 Å². The van der Waals surface area contributed by atoms with Gasteiger partial charge in [0.25, 0.3) is 0 Å². The summed E-state index contributed by atoms with van der Waals surface area (Å²) in [6.45, 7) is 10.5. The summed E-state index contributed by atoms with van der Waals surface area (Å²) >= 11 is 0. The van der Waals surface area contributed by atoms with Gasteiger partial charge in [-0.3, -0.25) is 4.90 Å². The Bertz CT molecular complexity index is 217. The molecule has 0 spiro atoms. The van der Waals surface area contributed by atoms with E-state index in [0.717, 1.165) is 18.0 Å². The lowest BCUT2D eigenvalue weighted by atomic mass is 9.79. The molecule has 4 atom stereocenters. The van der Waals surface area contributed by atoms with E-state index in [1.807, 2.05) is 0 Å². The van der Waals surface area contributed by atoms with Crippen LogP contribution in [0.15, 0.2) is 0 Å². The number of likely N-dealkylation sites (N-methyl/N-ethyl adjacent to an activating group) is 2. The number of rotatable bonds is 7. The van der Waals surface area contributed by atoms with Crippen LogP contribution in [0.2, 0.25) is 0 Å². The maximum Gasteiger partial charge on any atom is 0.0254 e. The van der Waals surface area contributed by atoms with Gasteiger partial charge in [-0.1, -0.05) is 33.6 Å². The van der Waals surface area contributed by atoms with E-state index in [2.05, 4.69) is 45.0 Å². The lowest BCUT2D eigenvalue weighted by molar-refractivity contribution is 0.0690. The molecule has 1 fully saturated rings. The summed E-state index contributed by atoms with van der Waals surface area (Å²) in [7, 11) is 2.14. The number of nitrogens with zero attached hydrogens (tertiary/aromatic N) is 1. The van der Waals surface area contributed by atoms with Gasteiger partial charge in [0.2, 0.25) is 0 Å². The van der Waals surface area contributed by atoms with E-state index in [1.54, 1.807) is 0 Å². The van der Waals surface area contributed by atoms with Gasteiger partial charge < -0.3 is 5.32 Å². The van der Waals surface area contributed by atoms with Gasteiger partial charge in [0.1, 0.15) is 0 Å². The summed E-state index contributed by atoms with van der Waals surface area (Å²) in [6, 6.07) is 2.17. The SMILES string of the molecule is CCCC1CCC(NC)C(N(CC)C(C)CC)C1. The van der Waals surface area contributed by atoms with Crippen molar-refractivity contribution in [2.24, 2.45) is 5.92 Å². The minimum Gasteiger partial charge on any atom is -0.315 e. The molecule has 2 heteroatoms. The average Bonchev–Trinajstić information content (AvgIpc) is 2.40. The first-order chi connectivity index (χ1) is 8.67. The highest BCUT2D eigenvalue weighted by molar-refractivity contribution is 4.91. The first kappa shape index (κ1) is 16.0. The Hall–Kier alpha value is -0.0800. The van der Waals surface area contributed by atoms with E-state index in [4.69, 9.17) is 0 Å². The molecule has 0 aromatic heterocycles. The highest BCUT2D eigenvalue weighted by atomic mass is 15.2. The first-order valence-corrected chi connectivity index (χ1v) is 8.10. The van der Waals surface area contributed by atoms with Gasteiger partial charge in [-0.2, -0.15) is 0 Å². The molecule has 4 unspecified atom stereocenters. The third-order valence-corrected chi connectivity index (χ3v) is 4.94. The van der Waals surface area contributed by atoms with Crippen molar-refractivity contribution in [2.45, 2.75) is 84.3 Å². The van der Waals surface area contributed by atoms with Crippen LogP contribution in [0.25, 0.3) is 0 Å². The molecule has 1 aliphatic carbocycles. The van der Waals surface area contributed by atoms with Crippen LogP contribution < -0.4 is 5.32 Å². The molecule has 0 radical (unpaired) electrons. The summed E-state index contributed by atoms with van der Waals surface area (Å²) in [6.07, 6.45) is 8.21. The van der Waals surface area contributed by atoms with Gasteiger partial charge in [0, 0.05) is 18.1 Å². The third-order valence-electron chi connectivity index (χ3n) is 4.94.